The summed E-state index contributed by atoms with van der Waals surface area (Å²) in [6, 6.07) is 40.0. The number of hydrogen-bond donors (Lipinski definition) is 0. The first-order valence-corrected chi connectivity index (χ1v) is 10.5. The van der Waals surface area contributed by atoms with E-state index in [-0.39, 0.29) is 0 Å². The van der Waals surface area contributed by atoms with E-state index in [0.717, 1.165) is 0 Å². The van der Waals surface area contributed by atoms with Crippen molar-refractivity contribution in [3.05, 3.63) is 109 Å². The molecule has 0 aromatic heterocycles. The van der Waals surface area contributed by atoms with Crippen LogP contribution >= 0.6 is 0 Å². The molecule has 0 heterocycles. The van der Waals surface area contributed by atoms with Crippen LogP contribution in [0.25, 0.3) is 65.7 Å². The number of rotatable bonds is 1. The van der Waals surface area contributed by atoms with E-state index >= 15 is 0 Å². The fourth-order valence-corrected chi connectivity index (χ4v) is 5.31. The van der Waals surface area contributed by atoms with Crippen LogP contribution in [0.4, 0.5) is 0 Å². The van der Waals surface area contributed by atoms with Gasteiger partial charge in [0.2, 0.25) is 0 Å². The van der Waals surface area contributed by atoms with Gasteiger partial charge >= 0.3 is 0 Å². The Morgan fingerprint density at radius 2 is 1.00 bits per heavy atom. The highest BCUT2D eigenvalue weighted by atomic mass is 14.3. The zero-order valence-electron chi connectivity index (χ0n) is 16.4. The first-order chi connectivity index (χ1) is 14.9. The standard InChI is InChI=1S/C30H18/c1-2-8-19(9-3-1)23-16-17-26-24-12-6-7-13-25(24)27-18-21-15-14-20-10-4-5-11-22(20)28(21)30(23)29(26)27/h1-18H. The third-order valence-corrected chi connectivity index (χ3v) is 6.58. The van der Waals surface area contributed by atoms with E-state index in [1.165, 1.54) is 65.7 Å². The van der Waals surface area contributed by atoms with Gasteiger partial charge in [-0.1, -0.05) is 103 Å². The van der Waals surface area contributed by atoms with Crippen molar-refractivity contribution in [2.24, 2.45) is 0 Å². The van der Waals surface area contributed by atoms with Crippen LogP contribution in [-0.2, 0) is 0 Å². The quantitative estimate of drug-likeness (QED) is 0.251. The minimum absolute atomic E-state index is 1.27. The van der Waals surface area contributed by atoms with Crippen LogP contribution in [0.1, 0.15) is 0 Å². The molecule has 0 amide bonds. The molecule has 1 aliphatic carbocycles. The van der Waals surface area contributed by atoms with E-state index in [2.05, 4.69) is 109 Å². The molecule has 6 aromatic rings. The van der Waals surface area contributed by atoms with Crippen molar-refractivity contribution < 1.29 is 0 Å². The molecule has 0 saturated heterocycles. The van der Waals surface area contributed by atoms with E-state index in [1.54, 1.807) is 0 Å². The van der Waals surface area contributed by atoms with E-state index < -0.39 is 0 Å². The SMILES string of the molecule is c1ccc(-c2ccc3c4c(cc5ccc6ccccc6c5c24)-c2ccccc2-3)cc1. The fraction of sp³-hybridized carbons (Fsp3) is 0. The zero-order chi connectivity index (χ0) is 19.7. The van der Waals surface area contributed by atoms with Crippen molar-refractivity contribution in [1.82, 2.24) is 0 Å². The van der Waals surface area contributed by atoms with Crippen molar-refractivity contribution >= 4 is 32.3 Å². The van der Waals surface area contributed by atoms with Gasteiger partial charge in [0.05, 0.1) is 0 Å². The van der Waals surface area contributed by atoms with Crippen LogP contribution in [0.15, 0.2) is 109 Å². The lowest BCUT2D eigenvalue weighted by molar-refractivity contribution is 1.66. The summed E-state index contributed by atoms with van der Waals surface area (Å²) >= 11 is 0. The summed E-state index contributed by atoms with van der Waals surface area (Å²) in [6.07, 6.45) is 0. The summed E-state index contributed by atoms with van der Waals surface area (Å²) in [5.41, 5.74) is 7.98. The third kappa shape index (κ3) is 2.00. The average molecular weight is 378 g/mol. The molecule has 30 heavy (non-hydrogen) atoms. The lowest BCUT2D eigenvalue weighted by atomic mass is 9.88. The fourth-order valence-electron chi connectivity index (χ4n) is 5.31. The Hall–Kier alpha value is -3.90. The molecule has 0 atom stereocenters. The van der Waals surface area contributed by atoms with Crippen LogP contribution < -0.4 is 0 Å². The van der Waals surface area contributed by atoms with E-state index in [4.69, 9.17) is 0 Å². The maximum absolute atomic E-state index is 2.40. The summed E-state index contributed by atoms with van der Waals surface area (Å²) in [7, 11) is 0. The molecule has 1 aliphatic rings. The average Bonchev–Trinajstić information content (AvgIpc) is 3.14. The van der Waals surface area contributed by atoms with Crippen LogP contribution in [0.2, 0.25) is 0 Å². The largest absolute Gasteiger partial charge is 0.0622 e. The van der Waals surface area contributed by atoms with Gasteiger partial charge in [-0.15, -0.1) is 0 Å². The smallest absolute Gasteiger partial charge is 0.000807 e. The highest BCUT2D eigenvalue weighted by Gasteiger charge is 2.24. The topological polar surface area (TPSA) is 0 Å². The molecule has 7 rings (SSSR count). The summed E-state index contributed by atoms with van der Waals surface area (Å²) in [5, 5.41) is 8.05. The number of hydrogen-bond acceptors (Lipinski definition) is 0. The summed E-state index contributed by atoms with van der Waals surface area (Å²) in [6.45, 7) is 0. The molecule has 0 aliphatic heterocycles. The number of fused-ring (bicyclic) bond motifs is 7. The molecule has 6 aromatic carbocycles. The Morgan fingerprint density at radius 1 is 0.333 bits per heavy atom. The highest BCUT2D eigenvalue weighted by molar-refractivity contribution is 6.31. The molecule has 0 nitrogen and oxygen atoms in total. The molecular formula is C30H18. The summed E-state index contributed by atoms with van der Waals surface area (Å²) < 4.78 is 0. The Labute approximate surface area is 175 Å². The van der Waals surface area contributed by atoms with Gasteiger partial charge in [-0.2, -0.15) is 0 Å². The molecule has 0 bridgehead atoms. The molecule has 0 saturated carbocycles. The van der Waals surface area contributed by atoms with E-state index in [0.29, 0.717) is 0 Å². The third-order valence-electron chi connectivity index (χ3n) is 6.58. The molecule has 0 unspecified atom stereocenters. The van der Waals surface area contributed by atoms with Gasteiger partial charge in [0.25, 0.3) is 0 Å². The Bertz CT molecular complexity index is 1620. The predicted molar refractivity (Wildman–Crippen MR) is 129 cm³/mol. The van der Waals surface area contributed by atoms with Crippen LogP contribution in [0, 0.1) is 0 Å². The lowest BCUT2D eigenvalue weighted by Crippen LogP contribution is -1.87. The second-order valence-corrected chi connectivity index (χ2v) is 8.13. The van der Waals surface area contributed by atoms with Crippen LogP contribution in [-0.4, -0.2) is 0 Å². The molecule has 138 valence electrons. The minimum Gasteiger partial charge on any atom is -0.0622 e. The zero-order valence-corrected chi connectivity index (χ0v) is 16.4. The monoisotopic (exact) mass is 378 g/mol. The first kappa shape index (κ1) is 16.0. The van der Waals surface area contributed by atoms with Gasteiger partial charge in [-0.3, -0.25) is 0 Å². The van der Waals surface area contributed by atoms with Gasteiger partial charge in [-0.25, -0.2) is 0 Å². The second kappa shape index (κ2) is 5.81. The minimum atomic E-state index is 1.27. The van der Waals surface area contributed by atoms with Crippen molar-refractivity contribution in [1.29, 1.82) is 0 Å². The Morgan fingerprint density at radius 3 is 1.87 bits per heavy atom. The van der Waals surface area contributed by atoms with E-state index in [9.17, 15) is 0 Å². The first-order valence-electron chi connectivity index (χ1n) is 10.5. The van der Waals surface area contributed by atoms with Gasteiger partial charge in [0, 0.05) is 0 Å². The van der Waals surface area contributed by atoms with E-state index in [1.807, 2.05) is 0 Å². The van der Waals surface area contributed by atoms with Gasteiger partial charge in [0.1, 0.15) is 0 Å². The van der Waals surface area contributed by atoms with Crippen molar-refractivity contribution in [3.8, 4) is 33.4 Å². The molecule has 0 heteroatoms. The summed E-state index contributed by atoms with van der Waals surface area (Å²) in [5.74, 6) is 0. The van der Waals surface area contributed by atoms with Gasteiger partial charge < -0.3 is 0 Å². The molecular weight excluding hydrogens is 360 g/mol. The Kier molecular flexibility index (Phi) is 3.09. The van der Waals surface area contributed by atoms with Crippen molar-refractivity contribution in [2.75, 3.05) is 0 Å². The highest BCUT2D eigenvalue weighted by Crippen LogP contribution is 2.52. The second-order valence-electron chi connectivity index (χ2n) is 8.13. The molecule has 0 N–H and O–H groups in total. The lowest BCUT2D eigenvalue weighted by Gasteiger charge is -2.15. The van der Waals surface area contributed by atoms with Gasteiger partial charge in [0.15, 0.2) is 0 Å². The van der Waals surface area contributed by atoms with Crippen molar-refractivity contribution in [3.63, 3.8) is 0 Å². The molecule has 0 radical (unpaired) electrons. The van der Waals surface area contributed by atoms with Crippen molar-refractivity contribution in [2.45, 2.75) is 0 Å². The molecule has 0 spiro atoms. The predicted octanol–water partition coefficient (Wildman–Crippen LogP) is 8.46. The maximum atomic E-state index is 2.40. The summed E-state index contributed by atoms with van der Waals surface area (Å²) in [4.78, 5) is 0. The van der Waals surface area contributed by atoms with Crippen LogP contribution in [0.5, 0.6) is 0 Å². The molecule has 0 fully saturated rings. The maximum Gasteiger partial charge on any atom is -0.000807 e. The Balaban J connectivity index is 1.79. The normalized spacial score (nSPS) is 12.0. The van der Waals surface area contributed by atoms with Gasteiger partial charge in [-0.05, 0) is 71.8 Å². The van der Waals surface area contributed by atoms with Crippen LogP contribution in [0.3, 0.4) is 0 Å². The number of benzene rings is 6.